The lowest BCUT2D eigenvalue weighted by atomic mass is 10.1. The summed E-state index contributed by atoms with van der Waals surface area (Å²) < 4.78 is 10.6. The van der Waals surface area contributed by atoms with Crippen molar-refractivity contribution in [3.63, 3.8) is 0 Å². The highest BCUT2D eigenvalue weighted by molar-refractivity contribution is 6.35. The molecule has 0 aromatic heterocycles. The zero-order valence-electron chi connectivity index (χ0n) is 7.34. The molecule has 0 heterocycles. The standard InChI is InChI=1S/C8H11NO4Si/c9-8(14(12)13)4-5-1-2-6(10)7(11)3-5/h1-3,8,10-12H,4,9H2/t8-/m1/s1. The van der Waals surface area contributed by atoms with Crippen molar-refractivity contribution in [2.24, 2.45) is 5.73 Å². The molecule has 0 spiro atoms. The number of hydrogen-bond acceptors (Lipinski definition) is 4. The van der Waals surface area contributed by atoms with E-state index in [1.54, 1.807) is 6.07 Å². The Hall–Kier alpha value is -1.40. The fourth-order valence-electron chi connectivity index (χ4n) is 1.04. The zero-order chi connectivity index (χ0) is 10.7. The Labute approximate surface area is 82.2 Å². The predicted octanol–water partition coefficient (Wildman–Crippen LogP) is -0.582. The molecule has 5 nitrogen and oxygen atoms in total. The van der Waals surface area contributed by atoms with Crippen LogP contribution in [0.25, 0.3) is 0 Å². The van der Waals surface area contributed by atoms with E-state index in [1.165, 1.54) is 12.1 Å². The summed E-state index contributed by atoms with van der Waals surface area (Å²) in [6, 6.07) is 4.17. The molecule has 1 aromatic carbocycles. The molecule has 0 unspecified atom stereocenters. The van der Waals surface area contributed by atoms with Gasteiger partial charge in [0, 0.05) is 0 Å². The van der Waals surface area contributed by atoms with Gasteiger partial charge in [0.05, 0.1) is 5.67 Å². The van der Waals surface area contributed by atoms with E-state index in [-0.39, 0.29) is 17.9 Å². The van der Waals surface area contributed by atoms with Crippen molar-refractivity contribution >= 4 is 8.93 Å². The molecule has 0 fully saturated rings. The lowest BCUT2D eigenvalue weighted by molar-refractivity contribution is 0.402. The Kier molecular flexibility index (Phi) is 3.21. The monoisotopic (exact) mass is 213 g/mol. The SMILES string of the molecule is N[C@@H](Cc1ccc(O)c(O)c1)[Si](=O)O. The summed E-state index contributed by atoms with van der Waals surface area (Å²) in [5.41, 5.74) is 5.17. The molecule has 0 aliphatic heterocycles. The summed E-state index contributed by atoms with van der Waals surface area (Å²) in [5, 5.41) is 18.1. The van der Waals surface area contributed by atoms with Crippen molar-refractivity contribution in [3.05, 3.63) is 23.8 Å². The maximum absolute atomic E-state index is 10.6. The van der Waals surface area contributed by atoms with Crippen LogP contribution in [0.1, 0.15) is 5.56 Å². The fraction of sp³-hybridized carbons (Fsp3) is 0.250. The first kappa shape index (κ1) is 10.7. The van der Waals surface area contributed by atoms with Crippen LogP contribution < -0.4 is 5.73 Å². The van der Waals surface area contributed by atoms with Crippen LogP contribution in [0.3, 0.4) is 0 Å². The van der Waals surface area contributed by atoms with Gasteiger partial charge in [-0.05, 0) is 24.1 Å². The van der Waals surface area contributed by atoms with E-state index >= 15 is 0 Å². The van der Waals surface area contributed by atoms with Gasteiger partial charge in [-0.3, -0.25) is 0 Å². The summed E-state index contributed by atoms with van der Waals surface area (Å²) in [4.78, 5) is 8.72. The van der Waals surface area contributed by atoms with Gasteiger partial charge in [0.1, 0.15) is 0 Å². The number of benzene rings is 1. The highest BCUT2D eigenvalue weighted by atomic mass is 28.3. The van der Waals surface area contributed by atoms with Crippen molar-refractivity contribution in [1.82, 2.24) is 0 Å². The average Bonchev–Trinajstić information content (AvgIpc) is 2.11. The first-order chi connectivity index (χ1) is 6.50. The minimum Gasteiger partial charge on any atom is -0.539 e. The van der Waals surface area contributed by atoms with Gasteiger partial charge in [0.25, 0.3) is 0 Å². The Morgan fingerprint density at radius 2 is 2.00 bits per heavy atom. The lowest BCUT2D eigenvalue weighted by Gasteiger charge is -2.06. The molecule has 1 aromatic rings. The molecule has 0 amide bonds. The molecular weight excluding hydrogens is 202 g/mol. The number of phenolic OH excluding ortho intramolecular Hbond substituents is 2. The van der Waals surface area contributed by atoms with Crippen molar-refractivity contribution in [2.75, 3.05) is 0 Å². The third-order valence-electron chi connectivity index (χ3n) is 1.81. The number of phenols is 2. The average molecular weight is 213 g/mol. The third-order valence-corrected chi connectivity index (χ3v) is 2.65. The second-order valence-corrected chi connectivity index (χ2v) is 4.39. The number of rotatable bonds is 3. The van der Waals surface area contributed by atoms with Gasteiger partial charge >= 0.3 is 8.93 Å². The molecule has 76 valence electrons. The third kappa shape index (κ3) is 2.54. The maximum Gasteiger partial charge on any atom is 0.518 e. The Morgan fingerprint density at radius 3 is 2.50 bits per heavy atom. The van der Waals surface area contributed by atoms with Crippen molar-refractivity contribution in [2.45, 2.75) is 12.1 Å². The smallest absolute Gasteiger partial charge is 0.518 e. The van der Waals surface area contributed by atoms with E-state index in [0.717, 1.165) is 0 Å². The second kappa shape index (κ2) is 4.21. The molecule has 0 aliphatic rings. The van der Waals surface area contributed by atoms with Gasteiger partial charge in [0.15, 0.2) is 11.5 Å². The highest BCUT2D eigenvalue weighted by Crippen LogP contribution is 2.25. The molecule has 0 aliphatic carbocycles. The summed E-state index contributed by atoms with van der Waals surface area (Å²) >= 11 is 0. The summed E-state index contributed by atoms with van der Waals surface area (Å²) in [7, 11) is -2.75. The second-order valence-electron chi connectivity index (χ2n) is 2.97. The first-order valence-electron chi connectivity index (χ1n) is 4.00. The van der Waals surface area contributed by atoms with E-state index in [4.69, 9.17) is 20.7 Å². The van der Waals surface area contributed by atoms with Crippen LogP contribution in [0.15, 0.2) is 18.2 Å². The molecule has 0 saturated carbocycles. The van der Waals surface area contributed by atoms with Gasteiger partial charge in [-0.2, -0.15) is 0 Å². The maximum atomic E-state index is 10.6. The zero-order valence-corrected chi connectivity index (χ0v) is 8.34. The predicted molar refractivity (Wildman–Crippen MR) is 50.1 cm³/mol. The molecule has 1 rings (SSSR count). The van der Waals surface area contributed by atoms with E-state index in [0.29, 0.717) is 5.56 Å². The molecule has 0 saturated heterocycles. The quantitative estimate of drug-likeness (QED) is 0.397. The van der Waals surface area contributed by atoms with Gasteiger partial charge in [-0.15, -0.1) is 0 Å². The van der Waals surface area contributed by atoms with Gasteiger partial charge in [-0.25, -0.2) is 0 Å². The molecule has 0 radical (unpaired) electrons. The molecule has 0 bridgehead atoms. The Morgan fingerprint density at radius 1 is 1.36 bits per heavy atom. The minimum atomic E-state index is -2.75. The normalized spacial score (nSPS) is 12.4. The van der Waals surface area contributed by atoms with Crippen LogP contribution in [0.2, 0.25) is 0 Å². The van der Waals surface area contributed by atoms with Gasteiger partial charge in [0.2, 0.25) is 0 Å². The van der Waals surface area contributed by atoms with Crippen LogP contribution in [0.4, 0.5) is 0 Å². The van der Waals surface area contributed by atoms with Crippen molar-refractivity contribution in [3.8, 4) is 11.5 Å². The molecule has 6 heteroatoms. The van der Waals surface area contributed by atoms with Crippen molar-refractivity contribution in [1.29, 1.82) is 0 Å². The first-order valence-corrected chi connectivity index (χ1v) is 5.43. The van der Waals surface area contributed by atoms with E-state index < -0.39 is 14.6 Å². The Balaban J connectivity index is 2.78. The summed E-state index contributed by atoms with van der Waals surface area (Å²) in [6.07, 6.45) is 0.197. The van der Waals surface area contributed by atoms with Crippen LogP contribution in [0, 0.1) is 0 Å². The highest BCUT2D eigenvalue weighted by Gasteiger charge is 2.16. The lowest BCUT2D eigenvalue weighted by Crippen LogP contribution is -2.34. The summed E-state index contributed by atoms with van der Waals surface area (Å²) in [6.45, 7) is 0. The van der Waals surface area contributed by atoms with E-state index in [2.05, 4.69) is 0 Å². The van der Waals surface area contributed by atoms with Gasteiger partial charge < -0.3 is 25.2 Å². The molecule has 14 heavy (non-hydrogen) atoms. The molecule has 5 N–H and O–H groups in total. The fourth-order valence-corrected chi connectivity index (χ4v) is 1.45. The van der Waals surface area contributed by atoms with Gasteiger partial charge in [-0.1, -0.05) is 6.07 Å². The number of nitrogens with two attached hydrogens (primary N) is 1. The Bertz CT molecular complexity index is 355. The largest absolute Gasteiger partial charge is 0.539 e. The number of hydrogen-bond donors (Lipinski definition) is 4. The van der Waals surface area contributed by atoms with Crippen LogP contribution in [-0.4, -0.2) is 29.6 Å². The molecule has 1 atom stereocenters. The van der Waals surface area contributed by atoms with Crippen LogP contribution >= 0.6 is 0 Å². The van der Waals surface area contributed by atoms with Crippen LogP contribution in [-0.2, 0) is 10.9 Å². The van der Waals surface area contributed by atoms with Crippen LogP contribution in [0.5, 0.6) is 11.5 Å². The van der Waals surface area contributed by atoms with Crippen molar-refractivity contribution < 1.29 is 19.5 Å². The van der Waals surface area contributed by atoms with E-state index in [9.17, 15) is 4.46 Å². The topological polar surface area (TPSA) is 104 Å². The minimum absolute atomic E-state index is 0.197. The molecular formula is C8H11NO4Si. The summed E-state index contributed by atoms with van der Waals surface area (Å²) in [5.74, 6) is -0.480. The van der Waals surface area contributed by atoms with E-state index in [1.807, 2.05) is 0 Å². The number of aromatic hydroxyl groups is 2.